The summed E-state index contributed by atoms with van der Waals surface area (Å²) >= 11 is 13.3. The molecule has 2 rings (SSSR count). The highest BCUT2D eigenvalue weighted by atomic mass is 35.5. The Hall–Kier alpha value is -1.80. The minimum absolute atomic E-state index is 0.309. The van der Waals surface area contributed by atoms with Crippen LogP contribution in [0.3, 0.4) is 0 Å². The van der Waals surface area contributed by atoms with E-state index in [2.05, 4.69) is 11.4 Å². The van der Waals surface area contributed by atoms with Crippen LogP contribution >= 0.6 is 34.5 Å². The zero-order valence-corrected chi connectivity index (χ0v) is 14.9. The van der Waals surface area contributed by atoms with E-state index in [0.717, 1.165) is 16.9 Å². The summed E-state index contributed by atoms with van der Waals surface area (Å²) in [5.74, 6) is -0.309. The lowest BCUT2D eigenvalue weighted by molar-refractivity contribution is -0.111. The predicted molar refractivity (Wildman–Crippen MR) is 97.3 cm³/mol. The van der Waals surface area contributed by atoms with Gasteiger partial charge in [0.2, 0.25) is 5.91 Å². The minimum Gasteiger partial charge on any atom is -0.313 e. The fraction of sp³-hybridized carbons (Fsp3) is 0.176. The lowest BCUT2D eigenvalue weighted by Crippen LogP contribution is -2.07. The van der Waals surface area contributed by atoms with Gasteiger partial charge >= 0.3 is 0 Å². The first-order chi connectivity index (χ1) is 11.0. The lowest BCUT2D eigenvalue weighted by Gasteiger charge is -2.01. The molecule has 0 saturated heterocycles. The van der Waals surface area contributed by atoms with Crippen molar-refractivity contribution in [1.82, 2.24) is 0 Å². The average molecular weight is 365 g/mol. The van der Waals surface area contributed by atoms with Crippen molar-refractivity contribution in [1.29, 1.82) is 5.26 Å². The van der Waals surface area contributed by atoms with Crippen LogP contribution in [0.5, 0.6) is 0 Å². The number of hydrogen-bond acceptors (Lipinski definition) is 3. The van der Waals surface area contributed by atoms with Crippen molar-refractivity contribution >= 4 is 51.5 Å². The molecule has 1 heterocycles. The van der Waals surface area contributed by atoms with E-state index < -0.39 is 0 Å². The van der Waals surface area contributed by atoms with Gasteiger partial charge in [-0.1, -0.05) is 36.2 Å². The van der Waals surface area contributed by atoms with Gasteiger partial charge in [-0.15, -0.1) is 11.3 Å². The number of carbonyl (C=O) groups excluding carboxylic acids is 1. The van der Waals surface area contributed by atoms with Gasteiger partial charge in [0.15, 0.2) is 0 Å². The van der Waals surface area contributed by atoms with Crippen LogP contribution in [0.1, 0.15) is 28.5 Å². The summed E-state index contributed by atoms with van der Waals surface area (Å²) in [6.45, 7) is 3.94. The van der Waals surface area contributed by atoms with Gasteiger partial charge < -0.3 is 5.32 Å². The van der Waals surface area contributed by atoms with Crippen LogP contribution in [0.15, 0.2) is 24.3 Å². The van der Waals surface area contributed by atoms with Crippen LogP contribution < -0.4 is 5.32 Å². The molecule has 1 aromatic carbocycles. The number of hydrogen-bond donors (Lipinski definition) is 1. The molecule has 0 aliphatic carbocycles. The summed E-state index contributed by atoms with van der Waals surface area (Å²) in [5, 5.41) is 13.6. The molecule has 0 spiro atoms. The van der Waals surface area contributed by atoms with Gasteiger partial charge in [-0.05, 0) is 42.7 Å². The zero-order valence-electron chi connectivity index (χ0n) is 12.6. The fourth-order valence-corrected chi connectivity index (χ4v) is 3.74. The molecule has 0 aliphatic rings. The zero-order chi connectivity index (χ0) is 17.0. The van der Waals surface area contributed by atoms with E-state index >= 15 is 0 Å². The molecule has 0 atom stereocenters. The third kappa shape index (κ3) is 4.14. The van der Waals surface area contributed by atoms with Crippen molar-refractivity contribution in [2.24, 2.45) is 0 Å². The highest BCUT2D eigenvalue weighted by Crippen LogP contribution is 2.32. The molecular formula is C17H14Cl2N2OS. The number of benzene rings is 1. The number of halogens is 2. The summed E-state index contributed by atoms with van der Waals surface area (Å²) in [6, 6.07) is 7.22. The first-order valence-electron chi connectivity index (χ1n) is 6.92. The molecule has 1 amide bonds. The first-order valence-corrected chi connectivity index (χ1v) is 8.50. The van der Waals surface area contributed by atoms with Crippen molar-refractivity contribution in [3.8, 4) is 6.07 Å². The molecule has 0 fully saturated rings. The van der Waals surface area contributed by atoms with Crippen molar-refractivity contribution in [3.05, 3.63) is 55.9 Å². The number of aryl methyl sites for hydroxylation is 1. The summed E-state index contributed by atoms with van der Waals surface area (Å²) in [7, 11) is 0. The maximum atomic E-state index is 12.1. The molecule has 0 aliphatic heterocycles. The van der Waals surface area contributed by atoms with Gasteiger partial charge in [-0.2, -0.15) is 5.26 Å². The van der Waals surface area contributed by atoms with Crippen LogP contribution in [-0.4, -0.2) is 5.91 Å². The fourth-order valence-electron chi connectivity index (χ4n) is 2.17. The highest BCUT2D eigenvalue weighted by molar-refractivity contribution is 7.16. The normalized spacial score (nSPS) is 10.7. The van der Waals surface area contributed by atoms with Crippen molar-refractivity contribution in [2.75, 3.05) is 5.32 Å². The number of nitrogens with zero attached hydrogens (tertiary/aromatic N) is 1. The number of rotatable bonds is 4. The topological polar surface area (TPSA) is 52.9 Å². The number of nitriles is 1. The number of nitrogens with one attached hydrogen (secondary N) is 1. The number of anilines is 1. The molecule has 0 unspecified atom stereocenters. The maximum Gasteiger partial charge on any atom is 0.249 e. The Kier molecular flexibility index (Phi) is 5.84. The Bertz CT molecular complexity index is 819. The lowest BCUT2D eigenvalue weighted by atomic mass is 10.1. The second-order valence-electron chi connectivity index (χ2n) is 4.79. The monoisotopic (exact) mass is 364 g/mol. The molecule has 1 N–H and O–H groups in total. The van der Waals surface area contributed by atoms with Gasteiger partial charge in [0.05, 0.1) is 5.56 Å². The third-order valence-corrected chi connectivity index (χ3v) is 4.91. The third-order valence-electron chi connectivity index (χ3n) is 3.29. The van der Waals surface area contributed by atoms with E-state index in [1.165, 1.54) is 17.4 Å². The summed E-state index contributed by atoms with van der Waals surface area (Å²) in [4.78, 5) is 13.1. The van der Waals surface area contributed by atoms with Gasteiger partial charge in [0, 0.05) is 21.0 Å². The molecule has 0 bridgehead atoms. The SMILES string of the molecule is CCc1c(C)sc(NC(=O)/C=C/c2ccc(Cl)cc2Cl)c1C#N. The molecule has 3 nitrogen and oxygen atoms in total. The van der Waals surface area contributed by atoms with Crippen molar-refractivity contribution < 1.29 is 4.79 Å². The molecule has 6 heteroatoms. The summed E-state index contributed by atoms with van der Waals surface area (Å²) in [6.07, 6.45) is 3.76. The van der Waals surface area contributed by atoms with Crippen molar-refractivity contribution in [2.45, 2.75) is 20.3 Å². The Labute approximate surface area is 149 Å². The minimum atomic E-state index is -0.309. The molecular weight excluding hydrogens is 351 g/mol. The first kappa shape index (κ1) is 17.6. The standard InChI is InChI=1S/C17H14Cl2N2OS/c1-3-13-10(2)23-17(14(13)9-20)21-16(22)7-5-11-4-6-12(18)8-15(11)19/h4-8H,3H2,1-2H3,(H,21,22)/b7-5+. The van der Waals surface area contributed by atoms with Crippen LogP contribution in [0.4, 0.5) is 5.00 Å². The Morgan fingerprint density at radius 3 is 2.78 bits per heavy atom. The van der Waals surface area contributed by atoms with Gasteiger partial charge in [0.25, 0.3) is 0 Å². The number of thiophene rings is 1. The predicted octanol–water partition coefficient (Wildman–Crippen LogP) is 5.45. The van der Waals surface area contributed by atoms with Crippen LogP contribution in [0.25, 0.3) is 6.08 Å². The highest BCUT2D eigenvalue weighted by Gasteiger charge is 2.15. The van der Waals surface area contributed by atoms with E-state index in [0.29, 0.717) is 26.2 Å². The number of amides is 1. The second kappa shape index (κ2) is 7.65. The average Bonchev–Trinajstić information content (AvgIpc) is 2.80. The second-order valence-corrected chi connectivity index (χ2v) is 6.86. The van der Waals surface area contributed by atoms with E-state index in [-0.39, 0.29) is 5.91 Å². The van der Waals surface area contributed by atoms with Crippen LogP contribution in [-0.2, 0) is 11.2 Å². The summed E-state index contributed by atoms with van der Waals surface area (Å²) < 4.78 is 0. The van der Waals surface area contributed by atoms with E-state index in [1.807, 2.05) is 13.8 Å². The van der Waals surface area contributed by atoms with Gasteiger partial charge in [0.1, 0.15) is 11.1 Å². The molecule has 2 aromatic rings. The molecule has 118 valence electrons. The van der Waals surface area contributed by atoms with Gasteiger partial charge in [-0.3, -0.25) is 4.79 Å². The Balaban J connectivity index is 2.17. The van der Waals surface area contributed by atoms with Crippen molar-refractivity contribution in [3.63, 3.8) is 0 Å². The van der Waals surface area contributed by atoms with Crippen LogP contribution in [0.2, 0.25) is 10.0 Å². The van der Waals surface area contributed by atoms with E-state index in [9.17, 15) is 10.1 Å². The summed E-state index contributed by atoms with van der Waals surface area (Å²) in [5.41, 5.74) is 2.22. The molecule has 0 saturated carbocycles. The van der Waals surface area contributed by atoms with Gasteiger partial charge in [-0.25, -0.2) is 0 Å². The largest absolute Gasteiger partial charge is 0.313 e. The number of carbonyl (C=O) groups is 1. The Morgan fingerprint density at radius 2 is 2.17 bits per heavy atom. The van der Waals surface area contributed by atoms with E-state index in [4.69, 9.17) is 23.2 Å². The molecule has 1 aromatic heterocycles. The smallest absolute Gasteiger partial charge is 0.249 e. The quantitative estimate of drug-likeness (QED) is 0.733. The Morgan fingerprint density at radius 1 is 1.43 bits per heavy atom. The van der Waals surface area contributed by atoms with Crippen LogP contribution in [0, 0.1) is 18.3 Å². The van der Waals surface area contributed by atoms with E-state index in [1.54, 1.807) is 24.3 Å². The molecule has 23 heavy (non-hydrogen) atoms. The molecule has 0 radical (unpaired) electrons. The maximum absolute atomic E-state index is 12.1.